The van der Waals surface area contributed by atoms with E-state index in [4.69, 9.17) is 0 Å². The van der Waals surface area contributed by atoms with Crippen LogP contribution in [0.25, 0.3) is 22.4 Å². The number of nitrogens with zero attached hydrogens (tertiary/aromatic N) is 3. The monoisotopic (exact) mass is 479 g/mol. The summed E-state index contributed by atoms with van der Waals surface area (Å²) in [6.45, 7) is 2.77. The minimum Gasteiger partial charge on any atom is -0.308 e. The Labute approximate surface area is 187 Å². The third-order valence-electron chi connectivity index (χ3n) is 4.65. The molecule has 0 unspecified atom stereocenters. The third kappa shape index (κ3) is 4.80. The topological polar surface area (TPSA) is 71.8 Å². The number of urea groups is 1. The summed E-state index contributed by atoms with van der Waals surface area (Å²) in [6, 6.07) is 15.3. The molecule has 0 atom stereocenters. The first-order valence-corrected chi connectivity index (χ1v) is 10.4. The van der Waals surface area contributed by atoms with E-state index < -0.39 is 11.8 Å². The van der Waals surface area contributed by atoms with E-state index in [1.165, 1.54) is 12.1 Å². The number of hydrogen-bond acceptors (Lipinski definition) is 3. The molecule has 0 aliphatic rings. The Morgan fingerprint density at radius 3 is 2.48 bits per heavy atom. The Hall–Kier alpha value is -3.52. The maximum atomic E-state index is 13.7. The second-order valence-electron chi connectivity index (χ2n) is 6.77. The van der Waals surface area contributed by atoms with E-state index in [2.05, 4.69) is 36.6 Å². The van der Waals surface area contributed by atoms with Gasteiger partial charge in [-0.05, 0) is 70.9 Å². The molecule has 0 aliphatic carbocycles. The number of benzene rings is 2. The third-order valence-corrected chi connectivity index (χ3v) is 5.29. The van der Waals surface area contributed by atoms with Gasteiger partial charge in [0.25, 0.3) is 0 Å². The number of amides is 2. The Morgan fingerprint density at radius 2 is 1.77 bits per heavy atom. The molecule has 4 rings (SSSR count). The quantitative estimate of drug-likeness (QED) is 0.359. The van der Waals surface area contributed by atoms with E-state index in [0.29, 0.717) is 15.8 Å². The van der Waals surface area contributed by atoms with E-state index in [1.807, 2.05) is 48.1 Å². The molecule has 156 valence electrons. The van der Waals surface area contributed by atoms with Gasteiger partial charge in [0.15, 0.2) is 0 Å². The smallest absolute Gasteiger partial charge is 0.308 e. The number of nitrogens with one attached hydrogen (secondary N) is 2. The molecule has 2 aromatic carbocycles. The molecule has 31 heavy (non-hydrogen) atoms. The van der Waals surface area contributed by atoms with Gasteiger partial charge in [-0.2, -0.15) is 5.10 Å². The maximum Gasteiger partial charge on any atom is 0.323 e. The average Bonchev–Trinajstić information content (AvgIpc) is 3.22. The zero-order valence-corrected chi connectivity index (χ0v) is 18.2. The Morgan fingerprint density at radius 1 is 1.03 bits per heavy atom. The van der Waals surface area contributed by atoms with Crippen molar-refractivity contribution in [2.24, 2.45) is 0 Å². The highest BCUT2D eigenvalue weighted by Gasteiger charge is 2.14. The van der Waals surface area contributed by atoms with Crippen LogP contribution in [0.3, 0.4) is 0 Å². The lowest BCUT2D eigenvalue weighted by molar-refractivity contribution is 0.262. The highest BCUT2D eigenvalue weighted by molar-refractivity contribution is 9.10. The lowest BCUT2D eigenvalue weighted by atomic mass is 10.0. The van der Waals surface area contributed by atoms with Gasteiger partial charge < -0.3 is 10.6 Å². The molecule has 2 amide bonds. The van der Waals surface area contributed by atoms with Gasteiger partial charge in [-0.1, -0.05) is 12.1 Å². The Balaban J connectivity index is 1.58. The van der Waals surface area contributed by atoms with Crippen LogP contribution in [0.1, 0.15) is 6.92 Å². The van der Waals surface area contributed by atoms with Crippen molar-refractivity contribution in [1.82, 2.24) is 14.8 Å². The number of halogens is 2. The average molecular weight is 480 g/mol. The number of hydrogen-bond donors (Lipinski definition) is 2. The van der Waals surface area contributed by atoms with Crippen molar-refractivity contribution in [3.63, 3.8) is 0 Å². The van der Waals surface area contributed by atoms with Gasteiger partial charge >= 0.3 is 6.03 Å². The number of carbonyl (C=O) groups is 1. The largest absolute Gasteiger partial charge is 0.323 e. The van der Waals surface area contributed by atoms with Gasteiger partial charge in [0, 0.05) is 47.6 Å². The molecule has 0 aliphatic heterocycles. The number of rotatable bonds is 5. The lowest BCUT2D eigenvalue weighted by Gasteiger charge is -2.10. The fourth-order valence-electron chi connectivity index (χ4n) is 3.15. The summed E-state index contributed by atoms with van der Waals surface area (Å²) in [4.78, 5) is 16.5. The molecule has 0 radical (unpaired) electrons. The van der Waals surface area contributed by atoms with Crippen LogP contribution < -0.4 is 10.6 Å². The van der Waals surface area contributed by atoms with Crippen LogP contribution >= 0.6 is 15.9 Å². The molecule has 2 heterocycles. The van der Waals surface area contributed by atoms with Crippen LogP contribution in [0.4, 0.5) is 20.6 Å². The molecule has 2 N–H and O–H groups in total. The number of carbonyl (C=O) groups excluding carboxylic acids is 1. The van der Waals surface area contributed by atoms with Crippen molar-refractivity contribution in [1.29, 1.82) is 0 Å². The summed E-state index contributed by atoms with van der Waals surface area (Å²) in [6.07, 6.45) is 5.45. The summed E-state index contributed by atoms with van der Waals surface area (Å²) < 4.78 is 15.9. The first-order chi connectivity index (χ1) is 15.0. The van der Waals surface area contributed by atoms with Gasteiger partial charge in [-0.25, -0.2) is 9.18 Å². The fraction of sp³-hybridized carbons (Fsp3) is 0.0870. The second-order valence-corrected chi connectivity index (χ2v) is 7.63. The van der Waals surface area contributed by atoms with Gasteiger partial charge in [0.05, 0.1) is 4.47 Å². The van der Waals surface area contributed by atoms with E-state index in [9.17, 15) is 9.18 Å². The molecule has 8 heteroatoms. The molecular weight excluding hydrogens is 461 g/mol. The van der Waals surface area contributed by atoms with E-state index in [0.717, 1.165) is 28.9 Å². The summed E-state index contributed by atoms with van der Waals surface area (Å²) in [5.74, 6) is -0.448. The number of pyridine rings is 1. The molecular formula is C23H19BrFN5O. The zero-order valence-electron chi connectivity index (χ0n) is 16.6. The summed E-state index contributed by atoms with van der Waals surface area (Å²) in [5, 5.41) is 10.1. The Bertz CT molecular complexity index is 1230. The standard InChI is InChI=1S/C23H19BrFN5O/c1-2-30-14-19(22(29-30)15-8-10-26-11-9-15)16-4-3-5-17(12-16)27-23(31)28-18-6-7-20(24)21(25)13-18/h3-14H,2H2,1H3,(H2,27,28,31). The first-order valence-electron chi connectivity index (χ1n) is 9.65. The van der Waals surface area contributed by atoms with Crippen LogP contribution in [-0.2, 0) is 6.54 Å². The van der Waals surface area contributed by atoms with E-state index in [-0.39, 0.29) is 0 Å². The van der Waals surface area contributed by atoms with E-state index >= 15 is 0 Å². The normalized spacial score (nSPS) is 10.7. The second kappa shape index (κ2) is 9.09. The van der Waals surface area contributed by atoms with E-state index in [1.54, 1.807) is 24.5 Å². The van der Waals surface area contributed by atoms with Crippen molar-refractivity contribution in [3.8, 4) is 22.4 Å². The van der Waals surface area contributed by atoms with Gasteiger partial charge in [0.1, 0.15) is 11.5 Å². The number of anilines is 2. The molecule has 0 saturated heterocycles. The molecule has 6 nitrogen and oxygen atoms in total. The molecule has 0 saturated carbocycles. The maximum absolute atomic E-state index is 13.7. The van der Waals surface area contributed by atoms with Gasteiger partial charge in [-0.15, -0.1) is 0 Å². The van der Waals surface area contributed by atoms with Crippen molar-refractivity contribution in [3.05, 3.63) is 83.5 Å². The van der Waals surface area contributed by atoms with Crippen LogP contribution in [-0.4, -0.2) is 20.8 Å². The SMILES string of the molecule is CCn1cc(-c2cccc(NC(=O)Nc3ccc(Br)c(F)c3)c2)c(-c2ccncc2)n1. The minimum absolute atomic E-state index is 0.337. The van der Waals surface area contributed by atoms with Crippen LogP contribution in [0.5, 0.6) is 0 Å². The van der Waals surface area contributed by atoms with Gasteiger partial charge in [-0.3, -0.25) is 9.67 Å². The highest BCUT2D eigenvalue weighted by Crippen LogP contribution is 2.32. The predicted molar refractivity (Wildman–Crippen MR) is 123 cm³/mol. The summed E-state index contributed by atoms with van der Waals surface area (Å²) in [5.41, 5.74) is 4.64. The van der Waals surface area contributed by atoms with Crippen molar-refractivity contribution in [2.45, 2.75) is 13.5 Å². The molecule has 4 aromatic rings. The van der Waals surface area contributed by atoms with Crippen LogP contribution in [0.2, 0.25) is 0 Å². The van der Waals surface area contributed by atoms with Crippen LogP contribution in [0.15, 0.2) is 77.7 Å². The zero-order chi connectivity index (χ0) is 21.8. The molecule has 0 bridgehead atoms. The highest BCUT2D eigenvalue weighted by atomic mass is 79.9. The van der Waals surface area contributed by atoms with Crippen molar-refractivity contribution in [2.75, 3.05) is 10.6 Å². The summed E-state index contributed by atoms with van der Waals surface area (Å²) >= 11 is 3.10. The minimum atomic E-state index is -0.461. The predicted octanol–water partition coefficient (Wildman–Crippen LogP) is 6.18. The lowest BCUT2D eigenvalue weighted by Crippen LogP contribution is -2.19. The van der Waals surface area contributed by atoms with Crippen molar-refractivity contribution >= 4 is 33.3 Å². The van der Waals surface area contributed by atoms with Crippen molar-refractivity contribution < 1.29 is 9.18 Å². The molecule has 0 fully saturated rings. The van der Waals surface area contributed by atoms with Gasteiger partial charge in [0.2, 0.25) is 0 Å². The number of aryl methyl sites for hydroxylation is 1. The summed E-state index contributed by atoms with van der Waals surface area (Å²) in [7, 11) is 0. The number of aromatic nitrogens is 3. The molecule has 0 spiro atoms. The van der Waals surface area contributed by atoms with Crippen LogP contribution in [0, 0.1) is 5.82 Å². The fourth-order valence-corrected chi connectivity index (χ4v) is 3.40. The Kier molecular flexibility index (Phi) is 6.08. The first kappa shape index (κ1) is 20.7. The molecule has 2 aromatic heterocycles.